The number of rotatable bonds is 11. The summed E-state index contributed by atoms with van der Waals surface area (Å²) in [6, 6.07) is 0.401. The molecule has 0 aliphatic rings. The maximum Gasteiger partial charge on any atom is 0.0644 e. The molecule has 1 aromatic rings. The summed E-state index contributed by atoms with van der Waals surface area (Å²) in [6.45, 7) is 13.1. The van der Waals surface area contributed by atoms with Crippen molar-refractivity contribution in [2.45, 2.75) is 92.2 Å². The van der Waals surface area contributed by atoms with Crippen molar-refractivity contribution in [2.75, 3.05) is 6.54 Å². The third kappa shape index (κ3) is 5.82. The minimum Gasteiger partial charge on any atom is -0.310 e. The number of unbranched alkanes of at least 4 members (excludes halogenated alkanes) is 6. The molecule has 1 N–H and O–H groups in total. The molecule has 0 radical (unpaired) electrons. The highest BCUT2D eigenvalue weighted by molar-refractivity contribution is 5.27. The Labute approximate surface area is 131 Å². The highest BCUT2D eigenvalue weighted by atomic mass is 15.3. The molecule has 1 heterocycles. The molecule has 0 fully saturated rings. The lowest BCUT2D eigenvalue weighted by atomic mass is 10.1. The first-order valence-electron chi connectivity index (χ1n) is 8.89. The predicted octanol–water partition coefficient (Wildman–Crippen LogP) is 4.92. The SMILES string of the molecule is CCCCCCCCCn1nc(C)c(C(C)NCC)c1C. The minimum atomic E-state index is 0.401. The Bertz CT molecular complexity index is 395. The molecular weight excluding hydrogens is 258 g/mol. The second-order valence-corrected chi connectivity index (χ2v) is 6.21. The third-order valence-electron chi connectivity index (χ3n) is 4.35. The normalized spacial score (nSPS) is 12.8. The van der Waals surface area contributed by atoms with Gasteiger partial charge in [0.1, 0.15) is 0 Å². The molecule has 0 amide bonds. The fraction of sp³-hybridized carbons (Fsp3) is 0.833. The van der Waals surface area contributed by atoms with Crippen LogP contribution in [0.3, 0.4) is 0 Å². The highest BCUT2D eigenvalue weighted by Gasteiger charge is 2.16. The lowest BCUT2D eigenvalue weighted by Gasteiger charge is -2.13. The van der Waals surface area contributed by atoms with E-state index in [1.54, 1.807) is 0 Å². The van der Waals surface area contributed by atoms with Crippen LogP contribution in [0.1, 0.15) is 88.7 Å². The molecule has 3 nitrogen and oxygen atoms in total. The van der Waals surface area contributed by atoms with Crippen molar-refractivity contribution < 1.29 is 0 Å². The molecule has 0 aliphatic carbocycles. The second kappa shape index (κ2) is 9.99. The number of nitrogens with zero attached hydrogens (tertiary/aromatic N) is 2. The Kier molecular flexibility index (Phi) is 8.67. The van der Waals surface area contributed by atoms with Crippen LogP contribution < -0.4 is 5.32 Å². The molecule has 0 bridgehead atoms. The first kappa shape index (κ1) is 18.2. The van der Waals surface area contributed by atoms with Gasteiger partial charge in [-0.15, -0.1) is 0 Å². The van der Waals surface area contributed by atoms with Crippen LogP contribution >= 0.6 is 0 Å². The van der Waals surface area contributed by atoms with E-state index in [4.69, 9.17) is 5.10 Å². The van der Waals surface area contributed by atoms with Gasteiger partial charge in [0.2, 0.25) is 0 Å². The van der Waals surface area contributed by atoms with Gasteiger partial charge in [-0.05, 0) is 33.7 Å². The van der Waals surface area contributed by atoms with Crippen molar-refractivity contribution in [3.05, 3.63) is 17.0 Å². The Morgan fingerprint density at radius 2 is 1.62 bits per heavy atom. The summed E-state index contributed by atoms with van der Waals surface area (Å²) in [6.07, 6.45) is 9.49. The molecule has 1 aromatic heterocycles. The number of aryl methyl sites for hydroxylation is 2. The molecule has 1 unspecified atom stereocenters. The van der Waals surface area contributed by atoms with Crippen LogP contribution in [0.25, 0.3) is 0 Å². The third-order valence-corrected chi connectivity index (χ3v) is 4.35. The molecule has 0 aliphatic heterocycles. The Hall–Kier alpha value is -0.830. The van der Waals surface area contributed by atoms with E-state index in [1.165, 1.54) is 61.9 Å². The topological polar surface area (TPSA) is 29.9 Å². The molecular formula is C18H35N3. The van der Waals surface area contributed by atoms with Crippen LogP contribution in [0.5, 0.6) is 0 Å². The molecule has 1 atom stereocenters. The van der Waals surface area contributed by atoms with Gasteiger partial charge in [0.25, 0.3) is 0 Å². The zero-order chi connectivity index (χ0) is 15.7. The van der Waals surface area contributed by atoms with Crippen LogP contribution in [-0.4, -0.2) is 16.3 Å². The summed E-state index contributed by atoms with van der Waals surface area (Å²) in [5, 5.41) is 8.24. The van der Waals surface area contributed by atoms with Gasteiger partial charge < -0.3 is 5.32 Å². The van der Waals surface area contributed by atoms with E-state index in [1.807, 2.05) is 0 Å². The number of nitrogens with one attached hydrogen (secondary N) is 1. The average molecular weight is 293 g/mol. The van der Waals surface area contributed by atoms with Gasteiger partial charge in [0.15, 0.2) is 0 Å². The minimum absolute atomic E-state index is 0.401. The molecule has 122 valence electrons. The van der Waals surface area contributed by atoms with Crippen molar-refractivity contribution >= 4 is 0 Å². The smallest absolute Gasteiger partial charge is 0.0644 e. The van der Waals surface area contributed by atoms with Crippen LogP contribution in [-0.2, 0) is 6.54 Å². The number of hydrogen-bond donors (Lipinski definition) is 1. The lowest BCUT2D eigenvalue weighted by molar-refractivity contribution is 0.512. The van der Waals surface area contributed by atoms with E-state index in [-0.39, 0.29) is 0 Å². The van der Waals surface area contributed by atoms with E-state index in [9.17, 15) is 0 Å². The van der Waals surface area contributed by atoms with E-state index in [2.05, 4.69) is 44.6 Å². The molecule has 0 saturated heterocycles. The zero-order valence-corrected chi connectivity index (χ0v) is 14.8. The Balaban J connectivity index is 2.40. The van der Waals surface area contributed by atoms with E-state index >= 15 is 0 Å². The van der Waals surface area contributed by atoms with Gasteiger partial charge in [-0.25, -0.2) is 0 Å². The van der Waals surface area contributed by atoms with Crippen LogP contribution in [0.2, 0.25) is 0 Å². The van der Waals surface area contributed by atoms with Crippen molar-refractivity contribution in [1.29, 1.82) is 0 Å². The van der Waals surface area contributed by atoms with Gasteiger partial charge in [0, 0.05) is 23.8 Å². The van der Waals surface area contributed by atoms with Crippen molar-refractivity contribution in [3.63, 3.8) is 0 Å². The summed E-state index contributed by atoms with van der Waals surface area (Å²) in [7, 11) is 0. The molecule has 0 saturated carbocycles. The highest BCUT2D eigenvalue weighted by Crippen LogP contribution is 2.21. The van der Waals surface area contributed by atoms with Gasteiger partial charge in [-0.1, -0.05) is 52.4 Å². The fourth-order valence-corrected chi connectivity index (χ4v) is 3.18. The summed E-state index contributed by atoms with van der Waals surface area (Å²) in [5.41, 5.74) is 3.91. The van der Waals surface area contributed by atoms with Crippen LogP contribution in [0.15, 0.2) is 0 Å². The monoisotopic (exact) mass is 293 g/mol. The first-order valence-corrected chi connectivity index (χ1v) is 8.89. The van der Waals surface area contributed by atoms with Gasteiger partial charge in [-0.3, -0.25) is 4.68 Å². The van der Waals surface area contributed by atoms with Gasteiger partial charge in [-0.2, -0.15) is 5.10 Å². The molecule has 0 spiro atoms. The van der Waals surface area contributed by atoms with E-state index < -0.39 is 0 Å². The summed E-state index contributed by atoms with van der Waals surface area (Å²) in [5.74, 6) is 0. The summed E-state index contributed by atoms with van der Waals surface area (Å²) >= 11 is 0. The maximum absolute atomic E-state index is 4.74. The van der Waals surface area contributed by atoms with Gasteiger partial charge in [0.05, 0.1) is 5.69 Å². The molecule has 21 heavy (non-hydrogen) atoms. The molecule has 0 aromatic carbocycles. The van der Waals surface area contributed by atoms with Crippen molar-refractivity contribution in [1.82, 2.24) is 15.1 Å². The van der Waals surface area contributed by atoms with E-state index in [0.29, 0.717) is 6.04 Å². The second-order valence-electron chi connectivity index (χ2n) is 6.21. The number of aromatic nitrogens is 2. The Morgan fingerprint density at radius 1 is 1.00 bits per heavy atom. The lowest BCUT2D eigenvalue weighted by Crippen LogP contribution is -2.19. The molecule has 1 rings (SSSR count). The summed E-state index contributed by atoms with van der Waals surface area (Å²) < 4.78 is 2.21. The fourth-order valence-electron chi connectivity index (χ4n) is 3.18. The predicted molar refractivity (Wildman–Crippen MR) is 91.8 cm³/mol. The first-order chi connectivity index (χ1) is 10.1. The van der Waals surface area contributed by atoms with Crippen molar-refractivity contribution in [2.24, 2.45) is 0 Å². The van der Waals surface area contributed by atoms with Gasteiger partial charge >= 0.3 is 0 Å². The van der Waals surface area contributed by atoms with Crippen LogP contribution in [0, 0.1) is 13.8 Å². The summed E-state index contributed by atoms with van der Waals surface area (Å²) in [4.78, 5) is 0. The van der Waals surface area contributed by atoms with Crippen molar-refractivity contribution in [3.8, 4) is 0 Å². The number of hydrogen-bond acceptors (Lipinski definition) is 2. The largest absolute Gasteiger partial charge is 0.310 e. The Morgan fingerprint density at radius 3 is 2.24 bits per heavy atom. The van der Waals surface area contributed by atoms with E-state index in [0.717, 1.165) is 13.1 Å². The average Bonchev–Trinajstić information content (AvgIpc) is 2.73. The zero-order valence-electron chi connectivity index (χ0n) is 14.8. The maximum atomic E-state index is 4.74. The van der Waals surface area contributed by atoms with Crippen LogP contribution in [0.4, 0.5) is 0 Å². The standard InChI is InChI=1S/C18H35N3/c1-6-8-9-10-11-12-13-14-21-17(5)18(16(4)20-21)15(3)19-7-2/h15,19H,6-14H2,1-5H3. The molecule has 3 heteroatoms. The quantitative estimate of drug-likeness (QED) is 0.587.